The number of ether oxygens (including phenoxy) is 1. The maximum atomic E-state index is 12.7. The number of aldehydes is 1. The molecule has 5 aliphatic rings. The zero-order valence-corrected chi connectivity index (χ0v) is 17.2. The fourth-order valence-corrected chi connectivity index (χ4v) is 7.51. The Morgan fingerprint density at radius 2 is 1.97 bits per heavy atom. The number of ketones is 2. The molecule has 0 radical (unpaired) electrons. The van der Waals surface area contributed by atoms with Gasteiger partial charge in [0.05, 0.1) is 0 Å². The maximum Gasteiger partial charge on any atom is 0.306 e. The van der Waals surface area contributed by atoms with Crippen molar-refractivity contribution in [2.45, 2.75) is 70.8 Å². The predicted molar refractivity (Wildman–Crippen MR) is 105 cm³/mol. The molecule has 0 aromatic heterocycles. The van der Waals surface area contributed by atoms with E-state index < -0.39 is 11.5 Å². The summed E-state index contributed by atoms with van der Waals surface area (Å²) < 4.78 is 5.95. The van der Waals surface area contributed by atoms with E-state index in [9.17, 15) is 19.2 Å². The molecule has 29 heavy (non-hydrogen) atoms. The number of hydrogen-bond donors (Lipinski definition) is 0. The van der Waals surface area contributed by atoms with Crippen molar-refractivity contribution in [2.24, 2.45) is 28.6 Å². The van der Waals surface area contributed by atoms with E-state index >= 15 is 0 Å². The quantitative estimate of drug-likeness (QED) is 0.309. The molecule has 0 aromatic carbocycles. The summed E-state index contributed by atoms with van der Waals surface area (Å²) in [5.41, 5.74) is 1.40. The molecule has 0 aromatic rings. The van der Waals surface area contributed by atoms with Gasteiger partial charge < -0.3 is 4.74 Å². The third-order valence-electron chi connectivity index (χ3n) is 9.21. The first-order chi connectivity index (χ1) is 13.7. The molecule has 1 heterocycles. The van der Waals surface area contributed by atoms with Gasteiger partial charge in [-0.3, -0.25) is 19.2 Å². The second kappa shape index (κ2) is 5.99. The highest BCUT2D eigenvalue weighted by atomic mass is 16.6. The van der Waals surface area contributed by atoms with Crippen molar-refractivity contribution in [2.75, 3.05) is 0 Å². The van der Waals surface area contributed by atoms with Gasteiger partial charge >= 0.3 is 5.97 Å². The second-order valence-electron chi connectivity index (χ2n) is 10.2. The summed E-state index contributed by atoms with van der Waals surface area (Å²) >= 11 is 0. The highest BCUT2D eigenvalue weighted by molar-refractivity contribution is 6.26. The lowest BCUT2D eigenvalue weighted by atomic mass is 9.47. The molecule has 0 N–H and O–H groups in total. The minimum Gasteiger partial charge on any atom is -0.458 e. The molecule has 5 rings (SSSR count). The fourth-order valence-electron chi connectivity index (χ4n) is 7.51. The number of esters is 1. The van der Waals surface area contributed by atoms with Crippen LogP contribution in [-0.2, 0) is 23.9 Å². The molecule has 0 unspecified atom stereocenters. The summed E-state index contributed by atoms with van der Waals surface area (Å²) in [4.78, 5) is 48.4. The van der Waals surface area contributed by atoms with Crippen LogP contribution in [0.15, 0.2) is 23.3 Å². The molecule has 0 amide bonds. The van der Waals surface area contributed by atoms with E-state index in [2.05, 4.69) is 19.9 Å². The second-order valence-corrected chi connectivity index (χ2v) is 10.2. The van der Waals surface area contributed by atoms with Crippen LogP contribution in [0.1, 0.15) is 65.2 Å². The Morgan fingerprint density at radius 3 is 2.66 bits per heavy atom. The third-order valence-corrected chi connectivity index (χ3v) is 9.21. The van der Waals surface area contributed by atoms with Crippen LogP contribution in [0.2, 0.25) is 0 Å². The standard InChI is InChI=1S/C24H28O5/c1-22-7-3-15(26)11-14(22)12-16(19(27)13-25)21-17(22)4-8-23(2)18(21)5-9-24(23)10-6-20(28)29-24/h4,11,13,16,18,21H,3,5-10,12H2,1-2H3/t16-,18-,21+,22-,23-,24+/m0/s1. The van der Waals surface area contributed by atoms with Gasteiger partial charge in [-0.1, -0.05) is 31.1 Å². The summed E-state index contributed by atoms with van der Waals surface area (Å²) in [6, 6.07) is 0. The smallest absolute Gasteiger partial charge is 0.306 e. The first-order valence-corrected chi connectivity index (χ1v) is 10.9. The van der Waals surface area contributed by atoms with Gasteiger partial charge in [-0.2, -0.15) is 0 Å². The van der Waals surface area contributed by atoms with Crippen LogP contribution < -0.4 is 0 Å². The Labute approximate surface area is 170 Å². The monoisotopic (exact) mass is 396 g/mol. The van der Waals surface area contributed by atoms with Crippen LogP contribution >= 0.6 is 0 Å². The molecule has 4 aliphatic carbocycles. The molecule has 2 saturated carbocycles. The number of Topliss-reactive ketones (excluding diaryl/α,β-unsaturated/α-hetero) is 1. The number of allylic oxidation sites excluding steroid dienone is 4. The molecule has 3 fully saturated rings. The van der Waals surface area contributed by atoms with Gasteiger partial charge in [-0.15, -0.1) is 0 Å². The van der Waals surface area contributed by atoms with Crippen LogP contribution in [0, 0.1) is 28.6 Å². The molecule has 5 nitrogen and oxygen atoms in total. The van der Waals surface area contributed by atoms with Gasteiger partial charge in [0.2, 0.25) is 0 Å². The van der Waals surface area contributed by atoms with Gasteiger partial charge in [0, 0.05) is 29.6 Å². The highest BCUT2D eigenvalue weighted by Crippen LogP contribution is 2.68. The van der Waals surface area contributed by atoms with Crippen molar-refractivity contribution < 1.29 is 23.9 Å². The van der Waals surface area contributed by atoms with Crippen LogP contribution in [0.4, 0.5) is 0 Å². The molecule has 1 saturated heterocycles. The van der Waals surface area contributed by atoms with Crippen LogP contribution in [-0.4, -0.2) is 29.4 Å². The van der Waals surface area contributed by atoms with Crippen molar-refractivity contribution in [1.29, 1.82) is 0 Å². The Morgan fingerprint density at radius 1 is 1.17 bits per heavy atom. The summed E-state index contributed by atoms with van der Waals surface area (Å²) in [6.45, 7) is 4.42. The van der Waals surface area contributed by atoms with Gasteiger partial charge in [0.25, 0.3) is 0 Å². The van der Waals surface area contributed by atoms with Gasteiger partial charge in [-0.25, -0.2) is 0 Å². The molecule has 6 atom stereocenters. The van der Waals surface area contributed by atoms with Crippen molar-refractivity contribution in [3.8, 4) is 0 Å². The molecule has 154 valence electrons. The van der Waals surface area contributed by atoms with Crippen molar-refractivity contribution in [3.63, 3.8) is 0 Å². The normalized spacial score (nSPS) is 45.7. The number of fused-ring (bicyclic) bond motifs is 6. The molecular formula is C24H28O5. The largest absolute Gasteiger partial charge is 0.458 e. The molecule has 0 bridgehead atoms. The summed E-state index contributed by atoms with van der Waals surface area (Å²) in [5.74, 6) is -0.587. The minimum atomic E-state index is -0.439. The topological polar surface area (TPSA) is 77.5 Å². The van der Waals surface area contributed by atoms with Crippen molar-refractivity contribution >= 4 is 23.8 Å². The van der Waals surface area contributed by atoms with E-state index in [-0.39, 0.29) is 40.2 Å². The summed E-state index contributed by atoms with van der Waals surface area (Å²) in [7, 11) is 0. The van der Waals surface area contributed by atoms with Gasteiger partial charge in [0.15, 0.2) is 17.9 Å². The number of hydrogen-bond acceptors (Lipinski definition) is 5. The summed E-state index contributed by atoms with van der Waals surface area (Å²) in [5, 5.41) is 0. The molecule has 1 aliphatic heterocycles. The van der Waals surface area contributed by atoms with E-state index in [1.54, 1.807) is 6.08 Å². The Balaban J connectivity index is 1.64. The highest BCUT2D eigenvalue weighted by Gasteiger charge is 2.67. The first kappa shape index (κ1) is 19.0. The Kier molecular flexibility index (Phi) is 3.92. The summed E-state index contributed by atoms with van der Waals surface area (Å²) in [6.07, 6.45) is 10.0. The zero-order chi connectivity index (χ0) is 20.6. The van der Waals surface area contributed by atoms with E-state index in [1.807, 2.05) is 0 Å². The fraction of sp³-hybridized carbons (Fsp3) is 0.667. The Bertz CT molecular complexity index is 897. The third kappa shape index (κ3) is 2.33. The van der Waals surface area contributed by atoms with Crippen molar-refractivity contribution in [3.05, 3.63) is 23.3 Å². The van der Waals surface area contributed by atoms with Crippen LogP contribution in [0.5, 0.6) is 0 Å². The predicted octanol–water partition coefficient (Wildman–Crippen LogP) is 3.51. The average Bonchev–Trinajstić information content (AvgIpc) is 3.22. The molecular weight excluding hydrogens is 368 g/mol. The molecule has 5 heteroatoms. The number of carbonyl (C=O) groups is 4. The average molecular weight is 396 g/mol. The Hall–Kier alpha value is -2.04. The SMILES string of the molecule is C[C@]12CCC(=O)C=C1C[C@@H](C(=O)C=O)[C@@H]1C2=CC[C@@]2(C)[C@H]1CC[C@@]21CCC(=O)O1. The lowest BCUT2D eigenvalue weighted by Gasteiger charge is -2.56. The van der Waals surface area contributed by atoms with E-state index in [1.165, 1.54) is 5.57 Å². The number of carbonyl (C=O) groups excluding carboxylic acids is 4. The maximum absolute atomic E-state index is 12.7. The van der Waals surface area contributed by atoms with E-state index in [0.29, 0.717) is 25.5 Å². The van der Waals surface area contributed by atoms with Crippen LogP contribution in [0.25, 0.3) is 0 Å². The van der Waals surface area contributed by atoms with E-state index in [0.717, 1.165) is 37.7 Å². The lowest BCUT2D eigenvalue weighted by molar-refractivity contribution is -0.161. The van der Waals surface area contributed by atoms with Gasteiger partial charge in [-0.05, 0) is 56.4 Å². The van der Waals surface area contributed by atoms with Crippen LogP contribution in [0.3, 0.4) is 0 Å². The lowest BCUT2D eigenvalue weighted by Crippen LogP contribution is -2.53. The number of rotatable bonds is 2. The first-order valence-electron chi connectivity index (χ1n) is 10.9. The minimum absolute atomic E-state index is 0.0134. The van der Waals surface area contributed by atoms with Gasteiger partial charge in [0.1, 0.15) is 5.60 Å². The zero-order valence-electron chi connectivity index (χ0n) is 17.2. The van der Waals surface area contributed by atoms with Crippen molar-refractivity contribution in [1.82, 2.24) is 0 Å². The molecule has 1 spiro atoms. The van der Waals surface area contributed by atoms with E-state index in [4.69, 9.17) is 4.74 Å².